The molecule has 2 unspecified atom stereocenters. The maximum absolute atomic E-state index is 12.6. The van der Waals surface area contributed by atoms with Gasteiger partial charge in [-0.25, -0.2) is 0 Å². The highest BCUT2D eigenvalue weighted by Crippen LogP contribution is 2.24. The summed E-state index contributed by atoms with van der Waals surface area (Å²) in [4.78, 5) is 32.6. The van der Waals surface area contributed by atoms with Crippen molar-refractivity contribution in [3.05, 3.63) is 35.9 Å². The van der Waals surface area contributed by atoms with Crippen LogP contribution in [-0.2, 0) is 9.59 Å². The van der Waals surface area contributed by atoms with Gasteiger partial charge in [0, 0.05) is 43.1 Å². The van der Waals surface area contributed by atoms with Crippen molar-refractivity contribution in [3.63, 3.8) is 0 Å². The van der Waals surface area contributed by atoms with Crippen LogP contribution in [0.3, 0.4) is 0 Å². The van der Waals surface area contributed by atoms with E-state index in [0.717, 1.165) is 44.3 Å². The summed E-state index contributed by atoms with van der Waals surface area (Å²) in [5.41, 5.74) is 3.17. The molecule has 2 rings (SSSR count). The van der Waals surface area contributed by atoms with Crippen molar-refractivity contribution in [1.82, 2.24) is 4.90 Å². The molecule has 0 bridgehead atoms. The lowest BCUT2D eigenvalue weighted by Crippen LogP contribution is -2.31. The fourth-order valence-electron chi connectivity index (χ4n) is 3.62. The molecule has 30 heavy (non-hydrogen) atoms. The number of rotatable bonds is 11. The molecule has 1 saturated heterocycles. The van der Waals surface area contributed by atoms with Gasteiger partial charge in [0.25, 0.3) is 0 Å². The fourth-order valence-corrected chi connectivity index (χ4v) is 3.62. The molecule has 1 aromatic carbocycles. The molecule has 1 amide bonds. The van der Waals surface area contributed by atoms with Crippen molar-refractivity contribution in [2.75, 3.05) is 43.9 Å². The van der Waals surface area contributed by atoms with E-state index >= 15 is 0 Å². The van der Waals surface area contributed by atoms with Crippen molar-refractivity contribution < 1.29 is 9.59 Å². The minimum absolute atomic E-state index is 0.165. The molecule has 1 heterocycles. The lowest BCUT2D eigenvalue weighted by molar-refractivity contribution is -0.122. The summed E-state index contributed by atoms with van der Waals surface area (Å²) >= 11 is 0. The first kappa shape index (κ1) is 23.8. The Morgan fingerprint density at radius 1 is 1.33 bits per heavy atom. The number of hydrogen-bond acceptors (Lipinski definition) is 5. The zero-order chi connectivity index (χ0) is 21.9. The second-order valence-corrected chi connectivity index (χ2v) is 8.26. The molecule has 0 aromatic heterocycles. The van der Waals surface area contributed by atoms with Crippen LogP contribution in [0.5, 0.6) is 0 Å². The van der Waals surface area contributed by atoms with E-state index in [1.807, 2.05) is 30.3 Å². The zero-order valence-electron chi connectivity index (χ0n) is 18.8. The van der Waals surface area contributed by atoms with Crippen LogP contribution in [0.1, 0.15) is 39.5 Å². The summed E-state index contributed by atoms with van der Waals surface area (Å²) in [5.74, 6) is -0.632. The van der Waals surface area contributed by atoms with E-state index < -0.39 is 5.92 Å². The third-order valence-corrected chi connectivity index (χ3v) is 5.58. The number of hydrogen-bond donors (Lipinski definition) is 1. The maximum atomic E-state index is 12.6. The van der Waals surface area contributed by atoms with Gasteiger partial charge in [0.15, 0.2) is 0 Å². The van der Waals surface area contributed by atoms with E-state index in [9.17, 15) is 9.59 Å². The molecule has 1 aromatic rings. The molecule has 164 valence electrons. The first-order chi connectivity index (χ1) is 14.4. The topological polar surface area (TPSA) is 65.0 Å². The Morgan fingerprint density at radius 2 is 2.07 bits per heavy atom. The highest BCUT2D eigenvalue weighted by Gasteiger charge is 2.24. The number of likely N-dealkylation sites (N-methyl/N-ethyl adjacent to an activating group) is 1. The number of benzene rings is 1. The number of carbonyl (C=O) groups is 2. The first-order valence-corrected chi connectivity index (χ1v) is 10.9. The normalized spacial score (nSPS) is 18.2. The number of carbonyl (C=O) groups excluding carboxylic acids is 2. The van der Waals surface area contributed by atoms with E-state index in [1.165, 1.54) is 11.3 Å². The van der Waals surface area contributed by atoms with Crippen LogP contribution in [0, 0.1) is 5.92 Å². The number of aldehydes is 1. The number of nitrogens with one attached hydrogen (secondary N) is 1. The minimum atomic E-state index is -0.460. The van der Waals surface area contributed by atoms with Gasteiger partial charge < -0.3 is 19.9 Å². The van der Waals surface area contributed by atoms with Crippen molar-refractivity contribution in [2.45, 2.75) is 45.6 Å². The first-order valence-electron chi connectivity index (χ1n) is 10.9. The van der Waals surface area contributed by atoms with Crippen LogP contribution in [0.25, 0.3) is 0 Å². The molecule has 6 heteroatoms. The van der Waals surface area contributed by atoms with Gasteiger partial charge >= 0.3 is 0 Å². The summed E-state index contributed by atoms with van der Waals surface area (Å²) in [6.45, 7) is 6.57. The molecule has 0 spiro atoms. The second kappa shape index (κ2) is 12.3. The van der Waals surface area contributed by atoms with Gasteiger partial charge in [-0.15, -0.1) is 0 Å². The molecule has 1 aliphatic rings. The summed E-state index contributed by atoms with van der Waals surface area (Å²) < 4.78 is 0. The van der Waals surface area contributed by atoms with Crippen molar-refractivity contribution in [2.24, 2.45) is 10.9 Å². The van der Waals surface area contributed by atoms with Crippen molar-refractivity contribution >= 4 is 29.8 Å². The average Bonchev–Trinajstić information content (AvgIpc) is 3.21. The molecular weight excluding hydrogens is 376 g/mol. The SMILES string of the molecule is CCC/C(C)=C\C=NCC(CC=O)C(=O)Nc1ccc(N2CCC(N(C)C)C2)cc1. The molecule has 2 atom stereocenters. The van der Waals surface area contributed by atoms with Gasteiger partial charge in [-0.2, -0.15) is 0 Å². The Bertz CT molecular complexity index is 740. The second-order valence-electron chi connectivity index (χ2n) is 8.26. The van der Waals surface area contributed by atoms with Crippen LogP contribution in [0.4, 0.5) is 11.4 Å². The van der Waals surface area contributed by atoms with Crippen LogP contribution in [-0.4, -0.2) is 63.1 Å². The Kier molecular flexibility index (Phi) is 9.74. The fraction of sp³-hybridized carbons (Fsp3) is 0.542. The minimum Gasteiger partial charge on any atom is -0.370 e. The summed E-state index contributed by atoms with van der Waals surface area (Å²) in [6.07, 6.45) is 7.95. The molecular formula is C24H36N4O2. The van der Waals surface area contributed by atoms with Crippen LogP contribution in [0.15, 0.2) is 40.9 Å². The zero-order valence-corrected chi connectivity index (χ0v) is 18.8. The van der Waals surface area contributed by atoms with Crippen LogP contribution < -0.4 is 10.2 Å². The van der Waals surface area contributed by atoms with Gasteiger partial charge in [0.1, 0.15) is 6.29 Å². The third kappa shape index (κ3) is 7.41. The highest BCUT2D eigenvalue weighted by atomic mass is 16.2. The number of allylic oxidation sites excluding steroid dienone is 2. The van der Waals surface area contributed by atoms with Gasteiger partial charge in [0.05, 0.1) is 12.5 Å². The van der Waals surface area contributed by atoms with Gasteiger partial charge in [0.2, 0.25) is 5.91 Å². The van der Waals surface area contributed by atoms with E-state index in [-0.39, 0.29) is 12.3 Å². The van der Waals surface area contributed by atoms with Gasteiger partial charge in [-0.1, -0.05) is 18.9 Å². The highest BCUT2D eigenvalue weighted by molar-refractivity contribution is 5.94. The van der Waals surface area contributed by atoms with Gasteiger partial charge in [-0.3, -0.25) is 9.79 Å². The largest absolute Gasteiger partial charge is 0.370 e. The summed E-state index contributed by atoms with van der Waals surface area (Å²) in [6, 6.07) is 8.52. The Labute approximate surface area is 181 Å². The lowest BCUT2D eigenvalue weighted by atomic mass is 10.1. The van der Waals surface area contributed by atoms with E-state index in [0.29, 0.717) is 12.6 Å². The number of nitrogens with zero attached hydrogens (tertiary/aromatic N) is 3. The summed E-state index contributed by atoms with van der Waals surface area (Å²) in [5, 5.41) is 2.93. The summed E-state index contributed by atoms with van der Waals surface area (Å²) in [7, 11) is 4.24. The number of anilines is 2. The molecule has 6 nitrogen and oxygen atoms in total. The van der Waals surface area contributed by atoms with Crippen molar-refractivity contribution in [3.8, 4) is 0 Å². The standard InChI is InChI=1S/C24H36N4O2/c1-5-6-19(2)11-14-25-17-20(13-16-29)24(30)26-21-7-9-22(10-8-21)28-15-12-23(18-28)27(3)4/h7-11,14,16,20,23H,5-6,12-13,15,17-18H2,1-4H3,(H,26,30)/b19-11-,25-14?. The third-order valence-electron chi connectivity index (χ3n) is 5.58. The van der Waals surface area contributed by atoms with Gasteiger partial charge in [-0.05, 0) is 64.2 Å². The predicted molar refractivity (Wildman–Crippen MR) is 126 cm³/mol. The Morgan fingerprint density at radius 3 is 2.67 bits per heavy atom. The molecule has 1 N–H and O–H groups in total. The molecule has 0 saturated carbocycles. The smallest absolute Gasteiger partial charge is 0.229 e. The average molecular weight is 413 g/mol. The molecule has 1 fully saturated rings. The van der Waals surface area contributed by atoms with Crippen molar-refractivity contribution in [1.29, 1.82) is 0 Å². The van der Waals surface area contributed by atoms with E-state index in [4.69, 9.17) is 0 Å². The van der Waals surface area contributed by atoms with E-state index in [1.54, 1.807) is 6.21 Å². The Balaban J connectivity index is 1.91. The predicted octanol–water partition coefficient (Wildman–Crippen LogP) is 3.79. The van der Waals surface area contributed by atoms with Crippen LogP contribution >= 0.6 is 0 Å². The molecule has 0 radical (unpaired) electrons. The lowest BCUT2D eigenvalue weighted by Gasteiger charge is -2.22. The molecule has 0 aliphatic carbocycles. The Hall–Kier alpha value is -2.47. The number of aliphatic imine (C=N–C) groups is 1. The quantitative estimate of drug-likeness (QED) is 0.444. The number of amides is 1. The van der Waals surface area contributed by atoms with Crippen LogP contribution in [0.2, 0.25) is 0 Å². The monoisotopic (exact) mass is 412 g/mol. The maximum Gasteiger partial charge on any atom is 0.229 e. The molecule has 1 aliphatic heterocycles. The van der Waals surface area contributed by atoms with E-state index in [2.05, 4.69) is 48.1 Å².